The minimum Gasteiger partial charge on any atom is -0.461 e. The Balaban J connectivity index is 2.18. The molecule has 0 radical (unpaired) electrons. The van der Waals surface area contributed by atoms with Crippen LogP contribution in [0.3, 0.4) is 0 Å². The molecule has 21 heavy (non-hydrogen) atoms. The van der Waals surface area contributed by atoms with E-state index in [1.165, 1.54) is 6.20 Å². The number of carbonyl (C=O) groups excluding carboxylic acids is 2. The molecule has 6 nitrogen and oxygen atoms in total. The zero-order chi connectivity index (χ0) is 15.4. The molecular weight excluding hydrogens is 270 g/mol. The van der Waals surface area contributed by atoms with Crippen molar-refractivity contribution in [1.82, 2.24) is 14.7 Å². The Bertz CT molecular complexity index is 661. The highest BCUT2D eigenvalue weighted by molar-refractivity contribution is 5.95. The molecule has 112 valence electrons. The van der Waals surface area contributed by atoms with Gasteiger partial charge in [0, 0.05) is 18.8 Å². The van der Waals surface area contributed by atoms with E-state index in [0.717, 1.165) is 6.42 Å². The molecule has 0 aromatic carbocycles. The maximum atomic E-state index is 12.0. The van der Waals surface area contributed by atoms with Crippen molar-refractivity contribution in [1.29, 1.82) is 0 Å². The van der Waals surface area contributed by atoms with E-state index in [-0.39, 0.29) is 5.91 Å². The van der Waals surface area contributed by atoms with Gasteiger partial charge in [0.2, 0.25) is 0 Å². The fourth-order valence-corrected chi connectivity index (χ4v) is 1.88. The number of amides is 1. The molecule has 0 aliphatic heterocycles. The average molecular weight is 289 g/mol. The first-order chi connectivity index (χ1) is 10.0. The Hall–Kier alpha value is -2.37. The van der Waals surface area contributed by atoms with Crippen molar-refractivity contribution in [2.45, 2.75) is 20.3 Å². The Morgan fingerprint density at radius 3 is 2.86 bits per heavy atom. The van der Waals surface area contributed by atoms with Crippen LogP contribution < -0.4 is 5.32 Å². The van der Waals surface area contributed by atoms with Gasteiger partial charge in [-0.05, 0) is 24.5 Å². The molecule has 0 unspecified atom stereocenters. The van der Waals surface area contributed by atoms with Gasteiger partial charge in [0.15, 0.2) is 5.69 Å². The molecule has 2 heterocycles. The lowest BCUT2D eigenvalue weighted by Gasteiger charge is -2.07. The van der Waals surface area contributed by atoms with E-state index in [2.05, 4.69) is 24.1 Å². The number of rotatable bonds is 5. The molecule has 2 rings (SSSR count). The summed E-state index contributed by atoms with van der Waals surface area (Å²) in [6, 6.07) is 3.27. The molecule has 0 atom stereocenters. The monoisotopic (exact) mass is 289 g/mol. The van der Waals surface area contributed by atoms with Gasteiger partial charge in [-0.3, -0.25) is 9.20 Å². The molecule has 2 aromatic heterocycles. The topological polar surface area (TPSA) is 72.7 Å². The van der Waals surface area contributed by atoms with Gasteiger partial charge in [-0.15, -0.1) is 0 Å². The maximum Gasteiger partial charge on any atom is 0.356 e. The van der Waals surface area contributed by atoms with Crippen LogP contribution in [0.5, 0.6) is 0 Å². The van der Waals surface area contributed by atoms with Crippen molar-refractivity contribution in [3.63, 3.8) is 0 Å². The van der Waals surface area contributed by atoms with Gasteiger partial charge in [0.25, 0.3) is 5.91 Å². The molecule has 0 aliphatic rings. The standard InChI is InChI=1S/C15H19N3O3/c1-10(2)5-7-21-15(20)12-9-17-13-8-11(14(19)16-3)4-6-18(12)13/h4,6,8-10H,5,7H2,1-3H3,(H,16,19). The second kappa shape index (κ2) is 6.39. The third-order valence-electron chi connectivity index (χ3n) is 3.14. The molecule has 1 amide bonds. The van der Waals surface area contributed by atoms with E-state index >= 15 is 0 Å². The van der Waals surface area contributed by atoms with Crippen molar-refractivity contribution >= 4 is 17.5 Å². The minimum atomic E-state index is -0.407. The molecule has 1 N–H and O–H groups in total. The van der Waals surface area contributed by atoms with Crippen LogP contribution in [0.2, 0.25) is 0 Å². The van der Waals surface area contributed by atoms with Crippen molar-refractivity contribution in [3.8, 4) is 0 Å². The number of pyridine rings is 1. The number of hydrogen-bond donors (Lipinski definition) is 1. The third kappa shape index (κ3) is 3.39. The summed E-state index contributed by atoms with van der Waals surface area (Å²) in [5.41, 5.74) is 1.39. The van der Waals surface area contributed by atoms with Crippen LogP contribution in [0.15, 0.2) is 24.5 Å². The predicted octanol–water partition coefficient (Wildman–Crippen LogP) is 1.90. The smallest absolute Gasteiger partial charge is 0.356 e. The van der Waals surface area contributed by atoms with E-state index in [1.54, 1.807) is 29.8 Å². The van der Waals surface area contributed by atoms with Gasteiger partial charge in [-0.2, -0.15) is 0 Å². The first-order valence-electron chi connectivity index (χ1n) is 6.89. The number of ether oxygens (including phenoxy) is 1. The number of aromatic nitrogens is 2. The van der Waals surface area contributed by atoms with Crippen LogP contribution in [-0.2, 0) is 4.74 Å². The number of fused-ring (bicyclic) bond motifs is 1. The van der Waals surface area contributed by atoms with Gasteiger partial charge in [0.1, 0.15) is 5.65 Å². The zero-order valence-corrected chi connectivity index (χ0v) is 12.4. The second-order valence-corrected chi connectivity index (χ2v) is 5.18. The Kier molecular flexibility index (Phi) is 4.57. The molecule has 0 saturated carbocycles. The summed E-state index contributed by atoms with van der Waals surface area (Å²) >= 11 is 0. The van der Waals surface area contributed by atoms with Crippen LogP contribution in [0, 0.1) is 5.92 Å². The fourth-order valence-electron chi connectivity index (χ4n) is 1.88. The van der Waals surface area contributed by atoms with Gasteiger partial charge in [-0.25, -0.2) is 9.78 Å². The number of hydrogen-bond acceptors (Lipinski definition) is 4. The Labute approximate surface area is 123 Å². The molecule has 6 heteroatoms. The summed E-state index contributed by atoms with van der Waals surface area (Å²) in [6.45, 7) is 4.53. The Morgan fingerprint density at radius 1 is 1.43 bits per heavy atom. The normalized spacial score (nSPS) is 10.9. The van der Waals surface area contributed by atoms with Crippen LogP contribution >= 0.6 is 0 Å². The van der Waals surface area contributed by atoms with Gasteiger partial charge < -0.3 is 10.1 Å². The molecule has 0 aliphatic carbocycles. The summed E-state index contributed by atoms with van der Waals surface area (Å²) in [7, 11) is 1.57. The number of imidazole rings is 1. The summed E-state index contributed by atoms with van der Waals surface area (Å²) in [5, 5.41) is 2.55. The van der Waals surface area contributed by atoms with E-state index in [1.807, 2.05) is 0 Å². The van der Waals surface area contributed by atoms with Gasteiger partial charge in [-0.1, -0.05) is 13.8 Å². The fraction of sp³-hybridized carbons (Fsp3) is 0.400. The van der Waals surface area contributed by atoms with E-state index < -0.39 is 5.97 Å². The molecule has 0 saturated heterocycles. The quantitative estimate of drug-likeness (QED) is 0.853. The van der Waals surface area contributed by atoms with Crippen molar-refractivity contribution < 1.29 is 14.3 Å². The van der Waals surface area contributed by atoms with Crippen LogP contribution in [0.1, 0.15) is 41.1 Å². The van der Waals surface area contributed by atoms with E-state index in [0.29, 0.717) is 29.4 Å². The van der Waals surface area contributed by atoms with Crippen LogP contribution in [0.25, 0.3) is 5.65 Å². The highest BCUT2D eigenvalue weighted by atomic mass is 16.5. The first-order valence-corrected chi connectivity index (χ1v) is 6.89. The molecular formula is C15H19N3O3. The van der Waals surface area contributed by atoms with Crippen molar-refractivity contribution in [3.05, 3.63) is 35.8 Å². The van der Waals surface area contributed by atoms with Crippen LogP contribution in [0.4, 0.5) is 0 Å². The highest BCUT2D eigenvalue weighted by Gasteiger charge is 2.15. The SMILES string of the molecule is CNC(=O)c1ccn2c(C(=O)OCCC(C)C)cnc2c1. The van der Waals surface area contributed by atoms with Gasteiger partial charge in [0.05, 0.1) is 12.8 Å². The molecule has 0 spiro atoms. The summed E-state index contributed by atoms with van der Waals surface area (Å²) < 4.78 is 6.84. The Morgan fingerprint density at radius 2 is 2.19 bits per heavy atom. The van der Waals surface area contributed by atoms with Crippen molar-refractivity contribution in [2.75, 3.05) is 13.7 Å². The molecule has 0 fully saturated rings. The maximum absolute atomic E-state index is 12.0. The predicted molar refractivity (Wildman–Crippen MR) is 78.3 cm³/mol. The lowest BCUT2D eigenvalue weighted by molar-refractivity contribution is 0.0480. The number of carbonyl (C=O) groups is 2. The number of nitrogens with one attached hydrogen (secondary N) is 1. The summed E-state index contributed by atoms with van der Waals surface area (Å²) in [6.07, 6.45) is 3.93. The van der Waals surface area contributed by atoms with E-state index in [9.17, 15) is 9.59 Å². The second-order valence-electron chi connectivity index (χ2n) is 5.18. The lowest BCUT2D eigenvalue weighted by Crippen LogP contribution is -2.18. The lowest BCUT2D eigenvalue weighted by atomic mass is 10.1. The van der Waals surface area contributed by atoms with Crippen molar-refractivity contribution in [2.24, 2.45) is 5.92 Å². The van der Waals surface area contributed by atoms with Gasteiger partial charge >= 0.3 is 5.97 Å². The number of esters is 1. The molecule has 0 bridgehead atoms. The average Bonchev–Trinajstić information content (AvgIpc) is 2.88. The van der Waals surface area contributed by atoms with E-state index in [4.69, 9.17) is 4.74 Å². The minimum absolute atomic E-state index is 0.193. The first kappa shape index (κ1) is 15.0. The zero-order valence-electron chi connectivity index (χ0n) is 12.4. The summed E-state index contributed by atoms with van der Waals surface area (Å²) in [5.74, 6) is -0.118. The largest absolute Gasteiger partial charge is 0.461 e. The molecule has 2 aromatic rings. The van der Waals surface area contributed by atoms with Crippen LogP contribution in [-0.4, -0.2) is 34.9 Å². The third-order valence-corrected chi connectivity index (χ3v) is 3.14. The number of nitrogens with zero attached hydrogens (tertiary/aromatic N) is 2. The highest BCUT2D eigenvalue weighted by Crippen LogP contribution is 2.11. The summed E-state index contributed by atoms with van der Waals surface area (Å²) in [4.78, 5) is 27.7.